The molecule has 0 saturated carbocycles. The van der Waals surface area contributed by atoms with Crippen molar-refractivity contribution in [2.75, 3.05) is 4.90 Å². The van der Waals surface area contributed by atoms with Crippen molar-refractivity contribution in [3.05, 3.63) is 232 Å². The molecule has 4 aromatic carbocycles. The smallest absolute Gasteiger partial charge is 0.0679 e. The van der Waals surface area contributed by atoms with E-state index in [2.05, 4.69) is 182 Å². The van der Waals surface area contributed by atoms with E-state index in [-0.39, 0.29) is 0 Å². The molecule has 0 aliphatic heterocycles. The Morgan fingerprint density at radius 2 is 1.53 bits per heavy atom. The quantitative estimate of drug-likeness (QED) is 0.168. The highest BCUT2D eigenvalue weighted by atomic mass is 15.2. The van der Waals surface area contributed by atoms with Crippen molar-refractivity contribution in [3.8, 4) is 11.1 Å². The van der Waals surface area contributed by atoms with E-state index >= 15 is 0 Å². The highest BCUT2D eigenvalue weighted by Crippen LogP contribution is 2.58. The first-order valence-corrected chi connectivity index (χ1v) is 23.8. The Bertz CT molecular complexity index is 2850. The molecule has 62 heavy (non-hydrogen) atoms. The summed E-state index contributed by atoms with van der Waals surface area (Å²) in [7, 11) is 0. The zero-order valence-corrected chi connectivity index (χ0v) is 36.2. The number of anilines is 1. The molecule has 306 valence electrons. The summed E-state index contributed by atoms with van der Waals surface area (Å²) in [6.07, 6.45) is 46.9. The molecule has 0 bridgehead atoms. The third-order valence-electron chi connectivity index (χ3n) is 15.8. The minimum Gasteiger partial charge on any atom is -0.315 e. The third kappa shape index (κ3) is 6.02. The van der Waals surface area contributed by atoms with Crippen LogP contribution >= 0.6 is 0 Å². The molecular weight excluding hydrogens is 747 g/mol. The Labute approximate surface area is 369 Å². The normalized spacial score (nSPS) is 27.0. The van der Waals surface area contributed by atoms with Gasteiger partial charge in [-0.25, -0.2) is 0 Å². The Morgan fingerprint density at radius 1 is 0.661 bits per heavy atom. The van der Waals surface area contributed by atoms with E-state index in [0.717, 1.165) is 25.7 Å². The molecule has 0 aromatic heterocycles. The van der Waals surface area contributed by atoms with Gasteiger partial charge in [-0.3, -0.25) is 0 Å². The molecule has 0 fully saturated rings. The molecule has 0 N–H and O–H groups in total. The molecule has 4 aromatic rings. The molecule has 8 aliphatic rings. The number of allylic oxidation sites excluding steroid dienone is 21. The molecule has 5 atom stereocenters. The van der Waals surface area contributed by atoms with Crippen LogP contribution in [0.1, 0.15) is 94.2 Å². The summed E-state index contributed by atoms with van der Waals surface area (Å²) in [5, 5.41) is 2.70. The van der Waals surface area contributed by atoms with Crippen molar-refractivity contribution in [1.29, 1.82) is 0 Å². The van der Waals surface area contributed by atoms with Gasteiger partial charge in [0.15, 0.2) is 0 Å². The van der Waals surface area contributed by atoms with Gasteiger partial charge in [-0.2, -0.15) is 0 Å². The van der Waals surface area contributed by atoms with E-state index < -0.39 is 5.41 Å². The lowest BCUT2D eigenvalue weighted by Crippen LogP contribution is -2.37. The molecule has 0 saturated heterocycles. The number of hydrogen-bond donors (Lipinski definition) is 0. The predicted molar refractivity (Wildman–Crippen MR) is 261 cm³/mol. The van der Waals surface area contributed by atoms with Crippen LogP contribution in [0.15, 0.2) is 215 Å². The zero-order valence-electron chi connectivity index (χ0n) is 36.2. The van der Waals surface area contributed by atoms with Crippen LogP contribution in [0.2, 0.25) is 0 Å². The van der Waals surface area contributed by atoms with E-state index in [4.69, 9.17) is 0 Å². The van der Waals surface area contributed by atoms with Gasteiger partial charge in [0.05, 0.1) is 5.41 Å². The van der Waals surface area contributed by atoms with Crippen molar-refractivity contribution < 1.29 is 0 Å². The second-order valence-corrected chi connectivity index (χ2v) is 19.1. The van der Waals surface area contributed by atoms with E-state index in [0.29, 0.717) is 23.7 Å². The monoisotopic (exact) mass is 803 g/mol. The fourth-order valence-corrected chi connectivity index (χ4v) is 13.0. The lowest BCUT2D eigenvalue weighted by Gasteiger charge is -2.45. The van der Waals surface area contributed by atoms with Gasteiger partial charge in [-0.05, 0) is 173 Å². The predicted octanol–water partition coefficient (Wildman–Crippen LogP) is 15.8. The average Bonchev–Trinajstić information content (AvgIpc) is 3.82. The summed E-state index contributed by atoms with van der Waals surface area (Å²) in [6.45, 7) is 2.43. The van der Waals surface area contributed by atoms with Gasteiger partial charge in [0, 0.05) is 23.0 Å². The third-order valence-corrected chi connectivity index (χ3v) is 15.8. The maximum atomic E-state index is 2.65. The minimum atomic E-state index is -0.421. The fourth-order valence-electron chi connectivity index (χ4n) is 13.0. The van der Waals surface area contributed by atoms with Crippen LogP contribution in [0, 0.1) is 23.7 Å². The Hall–Kier alpha value is -5.92. The summed E-state index contributed by atoms with van der Waals surface area (Å²) < 4.78 is 0. The van der Waals surface area contributed by atoms with E-state index in [9.17, 15) is 0 Å². The molecule has 0 radical (unpaired) electrons. The first-order valence-electron chi connectivity index (χ1n) is 23.8. The lowest BCUT2D eigenvalue weighted by atomic mass is 9.56. The van der Waals surface area contributed by atoms with Crippen LogP contribution < -0.4 is 4.90 Å². The van der Waals surface area contributed by atoms with Crippen LogP contribution in [-0.4, -0.2) is 0 Å². The average molecular weight is 804 g/mol. The number of fused-ring (bicyclic) bond motifs is 4. The van der Waals surface area contributed by atoms with Crippen molar-refractivity contribution in [2.24, 2.45) is 23.7 Å². The van der Waals surface area contributed by atoms with E-state index in [1.54, 1.807) is 16.7 Å². The summed E-state index contributed by atoms with van der Waals surface area (Å²) in [5.41, 5.74) is 19.8. The van der Waals surface area contributed by atoms with Crippen LogP contribution in [0.25, 0.3) is 21.9 Å². The molecule has 12 rings (SSSR count). The van der Waals surface area contributed by atoms with Gasteiger partial charge >= 0.3 is 0 Å². The second kappa shape index (κ2) is 15.5. The molecule has 1 nitrogen and oxygen atoms in total. The SMILES string of the molecule is CC1CC=CC=C1C1(c2ccc(N(C3=CCC(C4=CC=CC5CCC=CC45)=C3)C3=CC[C@H](C4=C5C=CCCC5=CCC4)CC3)cc2)c2ccccc2-c2cccc3cccc1c23. The first kappa shape index (κ1) is 37.8. The van der Waals surface area contributed by atoms with E-state index in [1.165, 1.54) is 117 Å². The van der Waals surface area contributed by atoms with Gasteiger partial charge in [-0.15, -0.1) is 0 Å². The standard InChI is InChI=1S/C61H57N/c1-41-14-2-8-27-57(41)61(58-28-9-7-23-55(58)56-26-12-19-45-20-13-29-59(61)60(45)56)47-33-38-49(39-34-47)62(50-37-32-46(40-50)54-25-11-18-43-16-4-6-22-52(43)54)48-35-30-44(31-36-48)53-24-10-17-42-15-3-5-21-51(42)53/h2,5-9,11-13,17-23,25-29,33-35,37-41,43-44,52H,3-4,10,14-16,24,30-32,36H2,1H3/t41?,43?,44-,52?,61?/m0/s1. The van der Waals surface area contributed by atoms with Crippen LogP contribution in [-0.2, 0) is 5.41 Å². The molecule has 1 heteroatoms. The fraction of sp³-hybridized carbons (Fsp3) is 0.279. The van der Waals surface area contributed by atoms with Gasteiger partial charge in [0.2, 0.25) is 0 Å². The van der Waals surface area contributed by atoms with Gasteiger partial charge < -0.3 is 4.90 Å². The number of rotatable bonds is 7. The maximum Gasteiger partial charge on any atom is 0.0679 e. The lowest BCUT2D eigenvalue weighted by molar-refractivity contribution is 0.475. The van der Waals surface area contributed by atoms with Gasteiger partial charge in [-0.1, -0.05) is 164 Å². The second-order valence-electron chi connectivity index (χ2n) is 19.1. The van der Waals surface area contributed by atoms with Crippen molar-refractivity contribution in [3.63, 3.8) is 0 Å². The summed E-state index contributed by atoms with van der Waals surface area (Å²) in [6, 6.07) is 33.1. The van der Waals surface area contributed by atoms with E-state index in [1.807, 2.05) is 0 Å². The van der Waals surface area contributed by atoms with Crippen molar-refractivity contribution in [2.45, 2.75) is 83.0 Å². The van der Waals surface area contributed by atoms with Crippen LogP contribution in [0.5, 0.6) is 0 Å². The van der Waals surface area contributed by atoms with Gasteiger partial charge in [0.1, 0.15) is 0 Å². The molecule has 4 unspecified atom stereocenters. The summed E-state index contributed by atoms with van der Waals surface area (Å²) >= 11 is 0. The Kier molecular flexibility index (Phi) is 9.43. The summed E-state index contributed by atoms with van der Waals surface area (Å²) in [5.74, 6) is 2.13. The number of nitrogens with zero attached hydrogens (tertiary/aromatic N) is 1. The van der Waals surface area contributed by atoms with Crippen LogP contribution in [0.3, 0.4) is 0 Å². The highest BCUT2D eigenvalue weighted by molar-refractivity contribution is 6.05. The van der Waals surface area contributed by atoms with Crippen LogP contribution in [0.4, 0.5) is 5.69 Å². The maximum absolute atomic E-state index is 2.65. The topological polar surface area (TPSA) is 3.24 Å². The molecule has 0 spiro atoms. The molecule has 0 amide bonds. The first-order chi connectivity index (χ1) is 30.7. The minimum absolute atomic E-state index is 0.399. The summed E-state index contributed by atoms with van der Waals surface area (Å²) in [4.78, 5) is 2.65. The Balaban J connectivity index is 0.984. The Morgan fingerprint density at radius 3 is 2.42 bits per heavy atom. The van der Waals surface area contributed by atoms with Crippen molar-refractivity contribution >= 4 is 16.5 Å². The van der Waals surface area contributed by atoms with Gasteiger partial charge in [0.25, 0.3) is 0 Å². The molecular formula is C61H57N. The number of benzene rings is 4. The highest BCUT2D eigenvalue weighted by Gasteiger charge is 2.47. The van der Waals surface area contributed by atoms with Crippen molar-refractivity contribution in [1.82, 2.24) is 0 Å². The molecule has 0 heterocycles. The largest absolute Gasteiger partial charge is 0.315 e. The molecule has 8 aliphatic carbocycles. The zero-order chi connectivity index (χ0) is 41.2. The number of hydrogen-bond acceptors (Lipinski definition) is 1.